The summed E-state index contributed by atoms with van der Waals surface area (Å²) in [5.41, 5.74) is 3.28. The summed E-state index contributed by atoms with van der Waals surface area (Å²) in [6.45, 7) is 7.63. The van der Waals surface area contributed by atoms with Crippen LogP contribution in [-0.4, -0.2) is 45.3 Å². The van der Waals surface area contributed by atoms with Crippen LogP contribution in [0.4, 0.5) is 10.7 Å². The van der Waals surface area contributed by atoms with Crippen molar-refractivity contribution in [2.75, 3.05) is 18.4 Å². The van der Waals surface area contributed by atoms with E-state index in [0.29, 0.717) is 25.2 Å². The van der Waals surface area contributed by atoms with Crippen molar-refractivity contribution in [2.24, 2.45) is 0 Å². The van der Waals surface area contributed by atoms with Crippen LogP contribution in [0.1, 0.15) is 44.7 Å². The van der Waals surface area contributed by atoms with E-state index in [0.717, 1.165) is 35.4 Å². The van der Waals surface area contributed by atoms with Gasteiger partial charge < -0.3 is 19.5 Å². The minimum Gasteiger partial charge on any atom is -0.444 e. The Kier molecular flexibility index (Phi) is 6.04. The van der Waals surface area contributed by atoms with E-state index in [1.165, 1.54) is 0 Å². The molecule has 1 N–H and O–H groups in total. The van der Waals surface area contributed by atoms with Gasteiger partial charge in [0.1, 0.15) is 5.60 Å². The van der Waals surface area contributed by atoms with Crippen LogP contribution in [0.15, 0.2) is 48.5 Å². The highest BCUT2D eigenvalue weighted by molar-refractivity contribution is 5.78. The summed E-state index contributed by atoms with van der Waals surface area (Å²) in [7, 11) is 0. The van der Waals surface area contributed by atoms with Crippen molar-refractivity contribution in [2.45, 2.75) is 51.8 Å². The third kappa shape index (κ3) is 5.02. The number of hydrogen-bond donors (Lipinski definition) is 1. The zero-order valence-electron chi connectivity index (χ0n) is 18.8. The van der Waals surface area contributed by atoms with Gasteiger partial charge in [-0.25, -0.2) is 9.78 Å². The maximum Gasteiger partial charge on any atom is 0.410 e. The normalized spacial score (nSPS) is 14.9. The highest BCUT2D eigenvalue weighted by Gasteiger charge is 2.27. The van der Waals surface area contributed by atoms with E-state index >= 15 is 0 Å². The van der Waals surface area contributed by atoms with E-state index in [4.69, 9.17) is 15.0 Å². The van der Waals surface area contributed by atoms with Gasteiger partial charge in [0.15, 0.2) is 0 Å². The lowest BCUT2D eigenvalue weighted by Crippen LogP contribution is -2.44. The lowest BCUT2D eigenvalue weighted by molar-refractivity contribution is 0.0210. The molecule has 7 heteroatoms. The quantitative estimate of drug-likeness (QED) is 0.643. The number of amides is 1. The Balaban J connectivity index is 1.48. The summed E-state index contributed by atoms with van der Waals surface area (Å²) >= 11 is 0. The van der Waals surface area contributed by atoms with Crippen LogP contribution in [-0.2, 0) is 11.3 Å². The molecule has 7 nitrogen and oxygen atoms in total. The van der Waals surface area contributed by atoms with Crippen molar-refractivity contribution in [3.63, 3.8) is 0 Å². The number of carbonyl (C=O) groups is 1. The number of para-hydroxylation sites is 2. The Morgan fingerprint density at radius 1 is 1.16 bits per heavy atom. The molecule has 2 aromatic carbocycles. The SMILES string of the molecule is CC(C)(C)OC(=O)N1CCC(Nc2nc3ccccc3n2Cc2ccc(C#N)cc2)CC1. The Labute approximate surface area is 188 Å². The highest BCUT2D eigenvalue weighted by Crippen LogP contribution is 2.24. The van der Waals surface area contributed by atoms with Crippen LogP contribution < -0.4 is 5.32 Å². The number of fused-ring (bicyclic) bond motifs is 1. The fourth-order valence-corrected chi connectivity index (χ4v) is 3.93. The van der Waals surface area contributed by atoms with Crippen LogP contribution >= 0.6 is 0 Å². The first-order valence-electron chi connectivity index (χ1n) is 11.0. The smallest absolute Gasteiger partial charge is 0.410 e. The maximum atomic E-state index is 12.3. The van der Waals surface area contributed by atoms with Gasteiger partial charge in [0.05, 0.1) is 29.2 Å². The third-order valence-electron chi connectivity index (χ3n) is 5.56. The molecule has 0 unspecified atom stereocenters. The molecule has 0 spiro atoms. The number of benzene rings is 2. The predicted molar refractivity (Wildman–Crippen MR) is 124 cm³/mol. The largest absolute Gasteiger partial charge is 0.444 e. The molecular weight excluding hydrogens is 402 g/mol. The molecule has 166 valence electrons. The molecule has 0 bridgehead atoms. The van der Waals surface area contributed by atoms with Gasteiger partial charge in [0.2, 0.25) is 5.95 Å². The van der Waals surface area contributed by atoms with Gasteiger partial charge in [0.25, 0.3) is 0 Å². The number of rotatable bonds is 4. The van der Waals surface area contributed by atoms with E-state index in [1.807, 2.05) is 63.2 Å². The minimum absolute atomic E-state index is 0.227. The van der Waals surface area contributed by atoms with Crippen LogP contribution in [0.25, 0.3) is 11.0 Å². The second kappa shape index (κ2) is 8.91. The van der Waals surface area contributed by atoms with Crippen LogP contribution in [0.5, 0.6) is 0 Å². The van der Waals surface area contributed by atoms with Gasteiger partial charge in [-0.3, -0.25) is 0 Å². The average molecular weight is 432 g/mol. The first-order chi connectivity index (χ1) is 15.3. The monoisotopic (exact) mass is 431 g/mol. The Bertz CT molecular complexity index is 1130. The first kappa shape index (κ1) is 21.7. The van der Waals surface area contributed by atoms with Gasteiger partial charge in [-0.1, -0.05) is 24.3 Å². The summed E-state index contributed by atoms with van der Waals surface area (Å²) in [5, 5.41) is 12.7. The standard InChI is InChI=1S/C25H29N5O2/c1-25(2,3)32-24(31)29-14-12-20(13-15-29)27-23-28-21-6-4-5-7-22(21)30(23)17-19-10-8-18(16-26)9-11-19/h4-11,20H,12-15,17H2,1-3H3,(H,27,28). The third-order valence-corrected chi connectivity index (χ3v) is 5.56. The summed E-state index contributed by atoms with van der Waals surface area (Å²) < 4.78 is 7.68. The second-order valence-electron chi connectivity index (χ2n) is 9.20. The van der Waals surface area contributed by atoms with Crippen molar-refractivity contribution >= 4 is 23.1 Å². The zero-order valence-corrected chi connectivity index (χ0v) is 18.8. The number of likely N-dealkylation sites (tertiary alicyclic amines) is 1. The Morgan fingerprint density at radius 2 is 1.84 bits per heavy atom. The van der Waals surface area contributed by atoms with E-state index in [-0.39, 0.29) is 12.1 Å². The van der Waals surface area contributed by atoms with Gasteiger partial charge >= 0.3 is 6.09 Å². The molecule has 1 aliphatic rings. The molecule has 1 aliphatic heterocycles. The molecule has 1 saturated heterocycles. The van der Waals surface area contributed by atoms with Crippen molar-refractivity contribution in [3.05, 3.63) is 59.7 Å². The molecule has 2 heterocycles. The molecule has 4 rings (SSSR count). The molecule has 1 fully saturated rings. The minimum atomic E-state index is -0.484. The molecule has 1 aromatic heterocycles. The van der Waals surface area contributed by atoms with Gasteiger partial charge in [-0.15, -0.1) is 0 Å². The van der Waals surface area contributed by atoms with Crippen molar-refractivity contribution < 1.29 is 9.53 Å². The lowest BCUT2D eigenvalue weighted by Gasteiger charge is -2.34. The van der Waals surface area contributed by atoms with Gasteiger partial charge in [0, 0.05) is 19.1 Å². The molecule has 0 aliphatic carbocycles. The number of nitrogens with zero attached hydrogens (tertiary/aromatic N) is 4. The topological polar surface area (TPSA) is 83.2 Å². The second-order valence-corrected chi connectivity index (χ2v) is 9.20. The fourth-order valence-electron chi connectivity index (χ4n) is 3.93. The zero-order chi connectivity index (χ0) is 22.7. The highest BCUT2D eigenvalue weighted by atomic mass is 16.6. The predicted octanol–water partition coefficient (Wildman–Crippen LogP) is 4.77. The number of carbonyl (C=O) groups excluding carboxylic acids is 1. The molecular formula is C25H29N5O2. The number of hydrogen-bond acceptors (Lipinski definition) is 5. The van der Waals surface area contributed by atoms with Crippen LogP contribution in [0.3, 0.4) is 0 Å². The number of nitriles is 1. The number of piperidine rings is 1. The summed E-state index contributed by atoms with van der Waals surface area (Å²) in [6.07, 6.45) is 1.42. The van der Waals surface area contributed by atoms with Crippen molar-refractivity contribution in [3.8, 4) is 6.07 Å². The number of aromatic nitrogens is 2. The fraction of sp³-hybridized carbons (Fsp3) is 0.400. The number of nitrogens with one attached hydrogen (secondary N) is 1. The molecule has 0 radical (unpaired) electrons. The van der Waals surface area contributed by atoms with E-state index in [9.17, 15) is 4.79 Å². The summed E-state index contributed by atoms with van der Waals surface area (Å²) in [4.78, 5) is 19.0. The summed E-state index contributed by atoms with van der Waals surface area (Å²) in [6, 6.07) is 18.1. The average Bonchev–Trinajstić information content (AvgIpc) is 3.10. The Hall–Kier alpha value is -3.53. The molecule has 0 saturated carbocycles. The molecule has 1 amide bonds. The Morgan fingerprint density at radius 3 is 2.50 bits per heavy atom. The van der Waals surface area contributed by atoms with Crippen LogP contribution in [0.2, 0.25) is 0 Å². The van der Waals surface area contributed by atoms with E-state index in [1.54, 1.807) is 4.90 Å². The first-order valence-corrected chi connectivity index (χ1v) is 11.0. The molecule has 0 atom stereocenters. The van der Waals surface area contributed by atoms with Crippen LogP contribution in [0, 0.1) is 11.3 Å². The lowest BCUT2D eigenvalue weighted by atomic mass is 10.1. The van der Waals surface area contributed by atoms with E-state index < -0.39 is 5.60 Å². The number of anilines is 1. The van der Waals surface area contributed by atoms with E-state index in [2.05, 4.69) is 22.0 Å². The summed E-state index contributed by atoms with van der Waals surface area (Å²) in [5.74, 6) is 0.825. The molecule has 32 heavy (non-hydrogen) atoms. The van der Waals surface area contributed by atoms with Crippen molar-refractivity contribution in [1.29, 1.82) is 5.26 Å². The molecule has 3 aromatic rings. The number of ether oxygens (including phenoxy) is 1. The van der Waals surface area contributed by atoms with Gasteiger partial charge in [-0.05, 0) is 63.4 Å². The maximum absolute atomic E-state index is 12.3. The van der Waals surface area contributed by atoms with Gasteiger partial charge in [-0.2, -0.15) is 5.26 Å². The number of imidazole rings is 1. The van der Waals surface area contributed by atoms with Crippen molar-refractivity contribution in [1.82, 2.24) is 14.5 Å².